The molecule has 3 fully saturated rings. The molecular formula is C15H27ClN2O. The van der Waals surface area contributed by atoms with Crippen LogP contribution in [0.3, 0.4) is 0 Å². The summed E-state index contributed by atoms with van der Waals surface area (Å²) in [6.45, 7) is 0.607. The minimum absolute atomic E-state index is 0. The van der Waals surface area contributed by atoms with Crippen molar-refractivity contribution in [3.05, 3.63) is 0 Å². The first kappa shape index (κ1) is 15.1. The molecule has 0 radical (unpaired) electrons. The van der Waals surface area contributed by atoms with Crippen LogP contribution in [0.25, 0.3) is 0 Å². The number of fused-ring (bicyclic) bond motifs is 2. The minimum atomic E-state index is -0.0608. The predicted octanol–water partition coefficient (Wildman–Crippen LogP) is 2.62. The molecule has 3 rings (SSSR count). The van der Waals surface area contributed by atoms with Crippen LogP contribution in [0.4, 0.5) is 0 Å². The molecule has 3 aliphatic carbocycles. The molecule has 0 aromatic carbocycles. The Balaban J connectivity index is 0.00000133. The van der Waals surface area contributed by atoms with Gasteiger partial charge < -0.3 is 11.1 Å². The third-order valence-electron chi connectivity index (χ3n) is 5.69. The van der Waals surface area contributed by atoms with E-state index in [1.807, 2.05) is 0 Å². The van der Waals surface area contributed by atoms with Gasteiger partial charge in [-0.25, -0.2) is 0 Å². The Kier molecular flexibility index (Phi) is 4.78. The van der Waals surface area contributed by atoms with Crippen LogP contribution in [-0.2, 0) is 4.79 Å². The van der Waals surface area contributed by atoms with Crippen LogP contribution in [-0.4, -0.2) is 18.0 Å². The fourth-order valence-electron chi connectivity index (χ4n) is 4.64. The van der Waals surface area contributed by atoms with Gasteiger partial charge in [-0.05, 0) is 49.9 Å². The number of nitrogens with one attached hydrogen (secondary N) is 1. The van der Waals surface area contributed by atoms with E-state index in [1.54, 1.807) is 0 Å². The molecule has 3 aliphatic rings. The predicted molar refractivity (Wildman–Crippen MR) is 79.2 cm³/mol. The van der Waals surface area contributed by atoms with Crippen molar-refractivity contribution in [3.63, 3.8) is 0 Å². The zero-order chi connectivity index (χ0) is 12.6. The van der Waals surface area contributed by atoms with Crippen LogP contribution in [0.1, 0.15) is 57.8 Å². The first-order chi connectivity index (χ1) is 8.71. The van der Waals surface area contributed by atoms with Crippen molar-refractivity contribution in [2.24, 2.45) is 23.5 Å². The van der Waals surface area contributed by atoms with Gasteiger partial charge in [0.1, 0.15) is 0 Å². The maximum absolute atomic E-state index is 12.2. The molecule has 3 N–H and O–H groups in total. The third-order valence-corrected chi connectivity index (χ3v) is 5.69. The van der Waals surface area contributed by atoms with Gasteiger partial charge >= 0.3 is 0 Å². The van der Waals surface area contributed by atoms with E-state index in [0.717, 1.165) is 31.1 Å². The molecule has 2 bridgehead atoms. The summed E-state index contributed by atoms with van der Waals surface area (Å²) < 4.78 is 0. The molecule has 19 heavy (non-hydrogen) atoms. The lowest BCUT2D eigenvalue weighted by atomic mass is 9.86. The van der Waals surface area contributed by atoms with Gasteiger partial charge in [0.15, 0.2) is 0 Å². The summed E-state index contributed by atoms with van der Waals surface area (Å²) in [6.07, 6.45) is 10.8. The smallest absolute Gasteiger partial charge is 0.220 e. The maximum atomic E-state index is 12.2. The van der Waals surface area contributed by atoms with E-state index in [-0.39, 0.29) is 23.9 Å². The molecule has 3 atom stereocenters. The van der Waals surface area contributed by atoms with Gasteiger partial charge in [0.2, 0.25) is 5.91 Å². The molecule has 0 heterocycles. The van der Waals surface area contributed by atoms with Crippen LogP contribution < -0.4 is 11.1 Å². The second kappa shape index (κ2) is 6.01. The van der Waals surface area contributed by atoms with Crippen LogP contribution in [0.5, 0.6) is 0 Å². The van der Waals surface area contributed by atoms with E-state index in [4.69, 9.17) is 5.73 Å². The van der Waals surface area contributed by atoms with E-state index in [1.165, 1.54) is 38.5 Å². The molecule has 110 valence electrons. The number of carbonyl (C=O) groups is 1. The zero-order valence-corrected chi connectivity index (χ0v) is 12.5. The lowest BCUT2D eigenvalue weighted by molar-refractivity contribution is -0.124. The Morgan fingerprint density at radius 2 is 1.95 bits per heavy atom. The normalized spacial score (nSPS) is 35.1. The Bertz CT molecular complexity index is 328. The molecular weight excluding hydrogens is 260 g/mol. The topological polar surface area (TPSA) is 55.1 Å². The van der Waals surface area contributed by atoms with Crippen LogP contribution in [0.15, 0.2) is 0 Å². The highest BCUT2D eigenvalue weighted by atomic mass is 35.5. The van der Waals surface area contributed by atoms with Gasteiger partial charge in [-0.2, -0.15) is 0 Å². The SMILES string of the molecule is Cl.NCC1(NC(=O)CC2CC3CCC2C3)CCCC1. The Labute approximate surface area is 122 Å². The number of nitrogens with two attached hydrogens (primary N) is 1. The number of halogens is 1. The number of hydrogen-bond acceptors (Lipinski definition) is 2. The number of amides is 1. The lowest BCUT2D eigenvalue weighted by Gasteiger charge is -2.30. The Morgan fingerprint density at radius 1 is 1.21 bits per heavy atom. The summed E-state index contributed by atoms with van der Waals surface area (Å²) in [5, 5.41) is 3.26. The lowest BCUT2D eigenvalue weighted by Crippen LogP contribution is -2.52. The molecule has 3 unspecified atom stereocenters. The number of rotatable bonds is 4. The van der Waals surface area contributed by atoms with Gasteiger partial charge in [0, 0.05) is 13.0 Å². The van der Waals surface area contributed by atoms with Crippen LogP contribution >= 0.6 is 12.4 Å². The molecule has 1 amide bonds. The van der Waals surface area contributed by atoms with E-state index in [9.17, 15) is 4.79 Å². The number of hydrogen-bond donors (Lipinski definition) is 2. The van der Waals surface area contributed by atoms with Gasteiger partial charge in [-0.3, -0.25) is 4.79 Å². The monoisotopic (exact) mass is 286 g/mol. The number of carbonyl (C=O) groups excluding carboxylic acids is 1. The van der Waals surface area contributed by atoms with Crippen LogP contribution in [0, 0.1) is 17.8 Å². The Hall–Kier alpha value is -0.280. The molecule has 3 nitrogen and oxygen atoms in total. The second-order valence-electron chi connectivity index (χ2n) is 6.88. The first-order valence-corrected chi connectivity index (χ1v) is 7.72. The summed E-state index contributed by atoms with van der Waals surface area (Å²) in [6, 6.07) is 0. The minimum Gasteiger partial charge on any atom is -0.349 e. The third kappa shape index (κ3) is 3.08. The fourth-order valence-corrected chi connectivity index (χ4v) is 4.64. The van der Waals surface area contributed by atoms with Gasteiger partial charge in [0.05, 0.1) is 5.54 Å². The molecule has 0 aliphatic heterocycles. The second-order valence-corrected chi connectivity index (χ2v) is 6.88. The highest BCUT2D eigenvalue weighted by molar-refractivity contribution is 5.85. The van der Waals surface area contributed by atoms with Gasteiger partial charge in [-0.1, -0.05) is 19.3 Å². The Morgan fingerprint density at radius 3 is 2.47 bits per heavy atom. The molecule has 3 saturated carbocycles. The summed E-state index contributed by atoms with van der Waals surface area (Å²) in [5.74, 6) is 2.71. The van der Waals surface area contributed by atoms with Crippen molar-refractivity contribution in [1.29, 1.82) is 0 Å². The molecule has 0 spiro atoms. The van der Waals surface area contributed by atoms with E-state index >= 15 is 0 Å². The van der Waals surface area contributed by atoms with Crippen molar-refractivity contribution < 1.29 is 4.79 Å². The van der Waals surface area contributed by atoms with Crippen molar-refractivity contribution in [1.82, 2.24) is 5.32 Å². The zero-order valence-electron chi connectivity index (χ0n) is 11.7. The molecule has 0 saturated heterocycles. The van der Waals surface area contributed by atoms with Crippen LogP contribution in [0.2, 0.25) is 0 Å². The summed E-state index contributed by atoms with van der Waals surface area (Å²) in [7, 11) is 0. The van der Waals surface area contributed by atoms with Gasteiger partial charge in [0.25, 0.3) is 0 Å². The van der Waals surface area contributed by atoms with E-state index in [2.05, 4.69) is 5.32 Å². The van der Waals surface area contributed by atoms with Crippen molar-refractivity contribution in [2.75, 3.05) is 6.54 Å². The van der Waals surface area contributed by atoms with Crippen molar-refractivity contribution >= 4 is 18.3 Å². The van der Waals surface area contributed by atoms with Crippen molar-refractivity contribution in [2.45, 2.75) is 63.3 Å². The fraction of sp³-hybridized carbons (Fsp3) is 0.933. The highest BCUT2D eigenvalue weighted by Crippen LogP contribution is 2.49. The average molecular weight is 287 g/mol. The molecule has 4 heteroatoms. The first-order valence-electron chi connectivity index (χ1n) is 7.72. The standard InChI is InChI=1S/C15H26N2O.ClH/c16-10-15(5-1-2-6-15)17-14(18)9-13-8-11-3-4-12(13)7-11;/h11-13H,1-10,16H2,(H,17,18);1H. The van der Waals surface area contributed by atoms with E-state index in [0.29, 0.717) is 12.5 Å². The molecule has 0 aromatic rings. The summed E-state index contributed by atoms with van der Waals surface area (Å²) >= 11 is 0. The maximum Gasteiger partial charge on any atom is 0.220 e. The largest absolute Gasteiger partial charge is 0.349 e. The average Bonchev–Trinajstić information content (AvgIpc) is 3.04. The van der Waals surface area contributed by atoms with Gasteiger partial charge in [-0.15, -0.1) is 12.4 Å². The summed E-state index contributed by atoms with van der Waals surface area (Å²) in [5.41, 5.74) is 5.81. The molecule has 0 aromatic heterocycles. The highest BCUT2D eigenvalue weighted by Gasteiger charge is 2.41. The summed E-state index contributed by atoms with van der Waals surface area (Å²) in [4.78, 5) is 12.2. The van der Waals surface area contributed by atoms with Crippen molar-refractivity contribution in [3.8, 4) is 0 Å². The van der Waals surface area contributed by atoms with E-state index < -0.39 is 0 Å². The quantitative estimate of drug-likeness (QED) is 0.835.